The molecule has 2 aromatic rings. The number of anilines is 1. The minimum absolute atomic E-state index is 0.160. The highest BCUT2D eigenvalue weighted by atomic mass is 32.1. The number of hydrogen-bond donors (Lipinski definition) is 3. The molecule has 5 nitrogen and oxygen atoms in total. The molecule has 2 amide bonds. The fraction of sp³-hybridized carbons (Fsp3) is 0.250. The van der Waals surface area contributed by atoms with Crippen LogP contribution in [-0.2, 0) is 9.59 Å². The molecule has 0 aliphatic rings. The summed E-state index contributed by atoms with van der Waals surface area (Å²) in [5, 5.41) is 16.5. The summed E-state index contributed by atoms with van der Waals surface area (Å²) < 4.78 is 13.4. The zero-order valence-corrected chi connectivity index (χ0v) is 13.3. The Labute approximate surface area is 137 Å². The monoisotopic (exact) mass is 336 g/mol. The third kappa shape index (κ3) is 4.87. The molecule has 2 rings (SSSR count). The van der Waals surface area contributed by atoms with E-state index in [0.29, 0.717) is 12.0 Å². The second-order valence-corrected chi connectivity index (χ2v) is 5.97. The Morgan fingerprint density at radius 2 is 2.09 bits per heavy atom. The highest BCUT2D eigenvalue weighted by Crippen LogP contribution is 2.20. The Morgan fingerprint density at radius 3 is 2.74 bits per heavy atom. The first-order valence-electron chi connectivity index (χ1n) is 7.04. The molecule has 1 aromatic heterocycles. The molecule has 0 aliphatic heterocycles. The first-order chi connectivity index (χ1) is 11.0. The second-order valence-electron chi connectivity index (χ2n) is 4.99. The summed E-state index contributed by atoms with van der Waals surface area (Å²) in [5.74, 6) is -2.16. The van der Waals surface area contributed by atoms with Gasteiger partial charge in [0.25, 0.3) is 0 Å². The number of thiophene rings is 1. The van der Waals surface area contributed by atoms with Gasteiger partial charge in [-0.3, -0.25) is 9.59 Å². The van der Waals surface area contributed by atoms with Gasteiger partial charge < -0.3 is 15.7 Å². The fourth-order valence-electron chi connectivity index (χ4n) is 1.88. The molecule has 1 aromatic carbocycles. The summed E-state index contributed by atoms with van der Waals surface area (Å²) in [7, 11) is 0. The highest BCUT2D eigenvalue weighted by Gasteiger charge is 2.15. The topological polar surface area (TPSA) is 78.4 Å². The number of halogens is 1. The molecule has 7 heteroatoms. The summed E-state index contributed by atoms with van der Waals surface area (Å²) in [4.78, 5) is 24.2. The molecular formula is C16H17FN2O3S. The SMILES string of the molecule is Cc1ccc(NC(=O)C(=O)NCC[C@H](O)c2cccs2)cc1F. The smallest absolute Gasteiger partial charge is 0.313 e. The summed E-state index contributed by atoms with van der Waals surface area (Å²) >= 11 is 1.42. The predicted octanol–water partition coefficient (Wildman–Crippen LogP) is 2.37. The van der Waals surface area contributed by atoms with E-state index in [1.807, 2.05) is 11.4 Å². The maximum absolute atomic E-state index is 13.4. The van der Waals surface area contributed by atoms with Crippen LogP contribution >= 0.6 is 11.3 Å². The molecule has 0 aliphatic carbocycles. The van der Waals surface area contributed by atoms with Crippen molar-refractivity contribution < 1.29 is 19.1 Å². The van der Waals surface area contributed by atoms with E-state index in [0.717, 1.165) is 10.9 Å². The molecular weight excluding hydrogens is 319 g/mol. The Balaban J connectivity index is 1.78. The molecule has 122 valence electrons. The number of carbonyl (C=O) groups is 2. The lowest BCUT2D eigenvalue weighted by Crippen LogP contribution is -2.36. The number of amides is 2. The average molecular weight is 336 g/mol. The molecule has 0 unspecified atom stereocenters. The third-order valence-electron chi connectivity index (χ3n) is 3.21. The number of aryl methyl sites for hydroxylation is 1. The Bertz CT molecular complexity index is 689. The number of carbonyl (C=O) groups excluding carboxylic acids is 2. The van der Waals surface area contributed by atoms with Crippen LogP contribution in [0, 0.1) is 12.7 Å². The van der Waals surface area contributed by atoms with Crippen LogP contribution in [0.4, 0.5) is 10.1 Å². The van der Waals surface area contributed by atoms with E-state index in [1.54, 1.807) is 13.0 Å². The van der Waals surface area contributed by atoms with Crippen LogP contribution in [0.1, 0.15) is 23.0 Å². The molecule has 0 bridgehead atoms. The number of rotatable bonds is 5. The number of benzene rings is 1. The van der Waals surface area contributed by atoms with E-state index in [2.05, 4.69) is 10.6 Å². The molecule has 23 heavy (non-hydrogen) atoms. The van der Waals surface area contributed by atoms with Gasteiger partial charge in [0.1, 0.15) is 5.82 Å². The van der Waals surface area contributed by atoms with Crippen LogP contribution in [-0.4, -0.2) is 23.5 Å². The van der Waals surface area contributed by atoms with Gasteiger partial charge in [0.05, 0.1) is 6.10 Å². The summed E-state index contributed by atoms with van der Waals surface area (Å²) in [6.07, 6.45) is -0.372. The van der Waals surface area contributed by atoms with Gasteiger partial charge in [0.2, 0.25) is 0 Å². The zero-order valence-electron chi connectivity index (χ0n) is 12.5. The van der Waals surface area contributed by atoms with Gasteiger partial charge >= 0.3 is 11.8 Å². The van der Waals surface area contributed by atoms with Gasteiger partial charge in [-0.15, -0.1) is 11.3 Å². The lowest BCUT2D eigenvalue weighted by molar-refractivity contribution is -0.136. The van der Waals surface area contributed by atoms with E-state index in [9.17, 15) is 19.1 Å². The molecule has 0 saturated heterocycles. The zero-order chi connectivity index (χ0) is 16.8. The first kappa shape index (κ1) is 17.1. The average Bonchev–Trinajstić information content (AvgIpc) is 3.05. The maximum Gasteiger partial charge on any atom is 0.313 e. The minimum Gasteiger partial charge on any atom is -0.388 e. The largest absolute Gasteiger partial charge is 0.388 e. The van der Waals surface area contributed by atoms with Crippen molar-refractivity contribution in [2.24, 2.45) is 0 Å². The van der Waals surface area contributed by atoms with Crippen molar-refractivity contribution in [2.75, 3.05) is 11.9 Å². The molecule has 3 N–H and O–H groups in total. The standard InChI is InChI=1S/C16H17FN2O3S/c1-10-4-5-11(9-12(10)17)19-16(22)15(21)18-7-6-13(20)14-3-2-8-23-14/h2-5,8-9,13,20H,6-7H2,1H3,(H,18,21)(H,19,22)/t13-/m0/s1. The molecule has 0 saturated carbocycles. The molecule has 0 radical (unpaired) electrons. The van der Waals surface area contributed by atoms with Crippen LogP contribution in [0.15, 0.2) is 35.7 Å². The predicted molar refractivity (Wildman–Crippen MR) is 86.7 cm³/mol. The number of aliphatic hydroxyl groups is 1. The quantitative estimate of drug-likeness (QED) is 0.734. The van der Waals surface area contributed by atoms with E-state index in [-0.39, 0.29) is 12.2 Å². The Morgan fingerprint density at radius 1 is 1.30 bits per heavy atom. The van der Waals surface area contributed by atoms with E-state index in [4.69, 9.17) is 0 Å². The summed E-state index contributed by atoms with van der Waals surface area (Å²) in [6, 6.07) is 7.82. The van der Waals surface area contributed by atoms with Crippen molar-refractivity contribution >= 4 is 28.8 Å². The van der Waals surface area contributed by atoms with Gasteiger partial charge in [-0.05, 0) is 42.5 Å². The lowest BCUT2D eigenvalue weighted by Gasteiger charge is -2.10. The molecule has 1 heterocycles. The Kier molecular flexibility index (Phi) is 5.84. The summed E-state index contributed by atoms with van der Waals surface area (Å²) in [5.41, 5.74) is 0.668. The van der Waals surface area contributed by atoms with Crippen molar-refractivity contribution in [1.82, 2.24) is 5.32 Å². The van der Waals surface area contributed by atoms with Crippen molar-refractivity contribution in [2.45, 2.75) is 19.4 Å². The summed E-state index contributed by atoms with van der Waals surface area (Å²) in [6.45, 7) is 1.76. The Hall–Kier alpha value is -2.25. The van der Waals surface area contributed by atoms with Crippen molar-refractivity contribution in [3.05, 3.63) is 52.0 Å². The molecule has 0 spiro atoms. The maximum atomic E-state index is 13.4. The van der Waals surface area contributed by atoms with Crippen molar-refractivity contribution in [3.63, 3.8) is 0 Å². The number of nitrogens with one attached hydrogen (secondary N) is 2. The van der Waals surface area contributed by atoms with Gasteiger partial charge in [0.15, 0.2) is 0 Å². The van der Waals surface area contributed by atoms with Crippen LogP contribution in [0.5, 0.6) is 0 Å². The molecule has 0 fully saturated rings. The molecule has 1 atom stereocenters. The van der Waals surface area contributed by atoms with Crippen LogP contribution in [0.3, 0.4) is 0 Å². The normalized spacial score (nSPS) is 11.8. The fourth-order valence-corrected chi connectivity index (χ4v) is 2.63. The van der Waals surface area contributed by atoms with Gasteiger partial charge in [-0.1, -0.05) is 12.1 Å². The van der Waals surface area contributed by atoms with Crippen LogP contribution < -0.4 is 10.6 Å². The van der Waals surface area contributed by atoms with Crippen LogP contribution in [0.2, 0.25) is 0 Å². The second kappa shape index (κ2) is 7.85. The highest BCUT2D eigenvalue weighted by molar-refractivity contribution is 7.10. The van der Waals surface area contributed by atoms with Gasteiger partial charge in [0, 0.05) is 17.1 Å². The van der Waals surface area contributed by atoms with E-state index in [1.165, 1.54) is 23.5 Å². The van der Waals surface area contributed by atoms with Crippen molar-refractivity contribution in [1.29, 1.82) is 0 Å². The number of aliphatic hydroxyl groups excluding tert-OH is 1. The third-order valence-corrected chi connectivity index (χ3v) is 4.18. The van der Waals surface area contributed by atoms with Crippen LogP contribution in [0.25, 0.3) is 0 Å². The first-order valence-corrected chi connectivity index (χ1v) is 7.92. The van der Waals surface area contributed by atoms with Gasteiger partial charge in [-0.2, -0.15) is 0 Å². The number of hydrogen-bond acceptors (Lipinski definition) is 4. The van der Waals surface area contributed by atoms with Gasteiger partial charge in [-0.25, -0.2) is 4.39 Å². The lowest BCUT2D eigenvalue weighted by atomic mass is 10.2. The van der Waals surface area contributed by atoms with E-state index < -0.39 is 23.7 Å². The minimum atomic E-state index is -0.876. The van der Waals surface area contributed by atoms with Crippen molar-refractivity contribution in [3.8, 4) is 0 Å². The van der Waals surface area contributed by atoms with E-state index >= 15 is 0 Å².